The quantitative estimate of drug-likeness (QED) is 0.645. The molecule has 2 N–H and O–H groups in total. The molecule has 0 spiro atoms. The van der Waals surface area contributed by atoms with Gasteiger partial charge in [-0.1, -0.05) is 44.2 Å². The first kappa shape index (κ1) is 21.9. The maximum absolute atomic E-state index is 13.7. The van der Waals surface area contributed by atoms with Gasteiger partial charge in [-0.25, -0.2) is 4.68 Å². The van der Waals surface area contributed by atoms with Crippen LogP contribution in [-0.2, 0) is 9.59 Å². The number of aliphatic hydroxyl groups excluding tert-OH is 1. The molecule has 1 aliphatic heterocycles. The topological polar surface area (TPSA) is 113 Å². The van der Waals surface area contributed by atoms with E-state index < -0.39 is 23.6 Å². The van der Waals surface area contributed by atoms with Gasteiger partial charge in [0.2, 0.25) is 11.8 Å². The van der Waals surface area contributed by atoms with E-state index in [-0.39, 0.29) is 24.8 Å². The van der Waals surface area contributed by atoms with Crippen LogP contribution in [0.2, 0.25) is 0 Å². The normalized spacial score (nSPS) is 19.8. The third-order valence-corrected chi connectivity index (χ3v) is 5.86. The summed E-state index contributed by atoms with van der Waals surface area (Å²) in [5.41, 5.74) is 1.85. The van der Waals surface area contributed by atoms with Gasteiger partial charge in [-0.2, -0.15) is 0 Å². The minimum atomic E-state index is -0.739. The van der Waals surface area contributed by atoms with E-state index in [1.54, 1.807) is 17.1 Å². The highest BCUT2D eigenvalue weighted by molar-refractivity contribution is 5.93. The van der Waals surface area contributed by atoms with Gasteiger partial charge in [0.1, 0.15) is 17.8 Å². The van der Waals surface area contributed by atoms with Crippen LogP contribution in [0, 0.1) is 5.41 Å². The number of likely N-dealkylation sites (N-methyl/N-ethyl adjacent to an activating group) is 1. The third-order valence-electron chi connectivity index (χ3n) is 5.86. The summed E-state index contributed by atoms with van der Waals surface area (Å²) in [7, 11) is 1.53. The predicted molar refractivity (Wildman–Crippen MR) is 119 cm³/mol. The van der Waals surface area contributed by atoms with Crippen molar-refractivity contribution in [2.75, 3.05) is 13.6 Å². The lowest BCUT2D eigenvalue weighted by molar-refractivity contribution is -0.144. The number of nitrogens with zero attached hydrogens (tertiary/aromatic N) is 5. The number of amides is 2. The first-order valence-corrected chi connectivity index (χ1v) is 10.7. The van der Waals surface area contributed by atoms with E-state index in [2.05, 4.69) is 20.6 Å². The van der Waals surface area contributed by atoms with Crippen LogP contribution in [0.4, 0.5) is 0 Å². The number of β-amino-alcohol motifs (C(OH)–C–C–N with tert-alkyl or cyclic N) is 1. The van der Waals surface area contributed by atoms with Crippen molar-refractivity contribution in [3.8, 4) is 11.3 Å². The number of fused-ring (bicyclic) bond motifs is 1. The Morgan fingerprint density at radius 3 is 2.72 bits per heavy atom. The zero-order valence-electron chi connectivity index (χ0n) is 18.7. The smallest absolute Gasteiger partial charge is 0.248 e. The summed E-state index contributed by atoms with van der Waals surface area (Å²) in [5, 5.41) is 22.3. The molecule has 9 nitrogen and oxygen atoms in total. The summed E-state index contributed by atoms with van der Waals surface area (Å²) in [5.74, 6) is -0.552. The lowest BCUT2D eigenvalue weighted by Crippen LogP contribution is -2.49. The molecule has 0 saturated carbocycles. The standard InChI is InChI=1S/C23H28N6O3/c1-23(2,3)20(22(32)28-12-14(30)11-19(28)21(31)24-4)29-13-18(26-27-29)16-7-5-9-17-15(16)8-6-10-25-17/h5-10,13-14,19-20,30H,11-12H2,1-4H3,(H,24,31)/t14?,19?,20-/m1/s1. The number of nitrogens with one attached hydrogen (secondary N) is 1. The summed E-state index contributed by atoms with van der Waals surface area (Å²) in [6.07, 6.45) is 2.98. The molecule has 1 aliphatic rings. The molecular weight excluding hydrogens is 408 g/mol. The fourth-order valence-corrected chi connectivity index (χ4v) is 4.36. The summed E-state index contributed by atoms with van der Waals surface area (Å²) >= 11 is 0. The second-order valence-corrected chi connectivity index (χ2v) is 9.24. The fraction of sp³-hybridized carbons (Fsp3) is 0.435. The molecule has 1 aromatic carbocycles. The molecule has 2 unspecified atom stereocenters. The van der Waals surface area contributed by atoms with Crippen molar-refractivity contribution in [1.82, 2.24) is 30.2 Å². The van der Waals surface area contributed by atoms with E-state index in [0.717, 1.165) is 16.5 Å². The van der Waals surface area contributed by atoms with Crippen molar-refractivity contribution >= 4 is 22.7 Å². The Morgan fingerprint density at radius 2 is 2.00 bits per heavy atom. The average Bonchev–Trinajstić information content (AvgIpc) is 3.38. The van der Waals surface area contributed by atoms with Gasteiger partial charge >= 0.3 is 0 Å². The summed E-state index contributed by atoms with van der Waals surface area (Å²) in [6.45, 7) is 5.94. The minimum absolute atomic E-state index is 0.111. The van der Waals surface area contributed by atoms with E-state index in [9.17, 15) is 14.7 Å². The maximum Gasteiger partial charge on any atom is 0.248 e. The summed E-state index contributed by atoms with van der Waals surface area (Å²) < 4.78 is 1.57. The van der Waals surface area contributed by atoms with Crippen LogP contribution < -0.4 is 5.32 Å². The minimum Gasteiger partial charge on any atom is -0.391 e. The van der Waals surface area contributed by atoms with Crippen molar-refractivity contribution in [3.63, 3.8) is 0 Å². The highest BCUT2D eigenvalue weighted by Gasteiger charge is 2.45. The van der Waals surface area contributed by atoms with Gasteiger partial charge in [0.25, 0.3) is 0 Å². The lowest BCUT2D eigenvalue weighted by atomic mass is 9.85. The average molecular weight is 437 g/mol. The molecule has 2 aromatic heterocycles. The second-order valence-electron chi connectivity index (χ2n) is 9.24. The highest BCUT2D eigenvalue weighted by Crippen LogP contribution is 2.35. The van der Waals surface area contributed by atoms with Crippen molar-refractivity contribution < 1.29 is 14.7 Å². The Morgan fingerprint density at radius 1 is 1.22 bits per heavy atom. The molecule has 32 heavy (non-hydrogen) atoms. The zero-order valence-corrected chi connectivity index (χ0v) is 18.7. The molecule has 9 heteroatoms. The van der Waals surface area contributed by atoms with Crippen LogP contribution >= 0.6 is 0 Å². The van der Waals surface area contributed by atoms with Gasteiger partial charge in [0.05, 0.1) is 17.8 Å². The Labute approximate surface area is 186 Å². The highest BCUT2D eigenvalue weighted by atomic mass is 16.3. The van der Waals surface area contributed by atoms with Crippen LogP contribution in [-0.4, -0.2) is 67.5 Å². The first-order valence-electron chi connectivity index (χ1n) is 10.7. The van der Waals surface area contributed by atoms with E-state index in [0.29, 0.717) is 5.69 Å². The number of pyridine rings is 1. The molecular formula is C23H28N6O3. The molecule has 0 radical (unpaired) electrons. The molecule has 4 rings (SSSR count). The number of rotatable bonds is 4. The van der Waals surface area contributed by atoms with Crippen molar-refractivity contribution in [2.24, 2.45) is 5.41 Å². The van der Waals surface area contributed by atoms with Gasteiger partial charge in [0, 0.05) is 37.2 Å². The number of carbonyl (C=O) groups is 2. The van der Waals surface area contributed by atoms with E-state index in [1.807, 2.05) is 51.1 Å². The van der Waals surface area contributed by atoms with E-state index in [1.165, 1.54) is 11.9 Å². The lowest BCUT2D eigenvalue weighted by Gasteiger charge is -2.34. The fourth-order valence-electron chi connectivity index (χ4n) is 4.36. The van der Waals surface area contributed by atoms with Crippen LogP contribution in [0.15, 0.2) is 42.7 Å². The second kappa shape index (κ2) is 8.31. The van der Waals surface area contributed by atoms with Gasteiger partial charge in [-0.05, 0) is 17.5 Å². The molecule has 3 heterocycles. The summed E-state index contributed by atoms with van der Waals surface area (Å²) in [4.78, 5) is 31.9. The predicted octanol–water partition coefficient (Wildman–Crippen LogP) is 1.79. The number of benzene rings is 1. The van der Waals surface area contributed by atoms with Gasteiger partial charge < -0.3 is 15.3 Å². The molecule has 1 saturated heterocycles. The molecule has 0 aliphatic carbocycles. The van der Waals surface area contributed by atoms with Gasteiger partial charge in [-0.3, -0.25) is 14.6 Å². The molecule has 3 atom stereocenters. The van der Waals surface area contributed by atoms with E-state index in [4.69, 9.17) is 0 Å². The van der Waals surface area contributed by atoms with E-state index >= 15 is 0 Å². The largest absolute Gasteiger partial charge is 0.391 e. The van der Waals surface area contributed by atoms with Crippen LogP contribution in [0.5, 0.6) is 0 Å². The summed E-state index contributed by atoms with van der Waals surface area (Å²) in [6, 6.07) is 8.23. The number of aliphatic hydroxyl groups is 1. The van der Waals surface area contributed by atoms with Crippen molar-refractivity contribution in [1.29, 1.82) is 0 Å². The SMILES string of the molecule is CNC(=O)C1CC(O)CN1C(=O)[C@@H](n1cc(-c2cccc3ncccc23)nn1)C(C)(C)C. The van der Waals surface area contributed by atoms with Crippen LogP contribution in [0.1, 0.15) is 33.2 Å². The molecule has 1 fully saturated rings. The Hall–Kier alpha value is -3.33. The number of likely N-dealkylation sites (tertiary alicyclic amines) is 1. The maximum atomic E-state index is 13.7. The number of hydrogen-bond acceptors (Lipinski definition) is 6. The van der Waals surface area contributed by atoms with Crippen LogP contribution in [0.3, 0.4) is 0 Å². The van der Waals surface area contributed by atoms with Crippen molar-refractivity contribution in [3.05, 3.63) is 42.7 Å². The number of hydrogen-bond donors (Lipinski definition) is 2. The van der Waals surface area contributed by atoms with Gasteiger partial charge in [0.15, 0.2) is 0 Å². The monoisotopic (exact) mass is 436 g/mol. The third kappa shape index (κ3) is 3.95. The molecule has 3 aromatic rings. The van der Waals surface area contributed by atoms with Gasteiger partial charge in [-0.15, -0.1) is 5.10 Å². The Kier molecular flexibility index (Phi) is 5.68. The Bertz CT molecular complexity index is 1150. The molecule has 168 valence electrons. The Balaban J connectivity index is 1.72. The molecule has 2 amide bonds. The number of carbonyl (C=O) groups excluding carboxylic acids is 2. The number of aromatic nitrogens is 4. The zero-order chi connectivity index (χ0) is 23.0. The first-order chi connectivity index (χ1) is 15.2. The molecule has 0 bridgehead atoms. The van der Waals surface area contributed by atoms with Crippen molar-refractivity contribution in [2.45, 2.75) is 45.4 Å². The van der Waals surface area contributed by atoms with Crippen LogP contribution in [0.25, 0.3) is 22.2 Å².